The van der Waals surface area contributed by atoms with Crippen molar-refractivity contribution in [3.05, 3.63) is 41.0 Å². The molecule has 0 saturated carbocycles. The first-order valence-electron chi connectivity index (χ1n) is 11.5. The molecule has 0 amide bonds. The van der Waals surface area contributed by atoms with Crippen LogP contribution >= 0.6 is 0 Å². The van der Waals surface area contributed by atoms with Crippen LogP contribution < -0.4 is 19.1 Å². The number of carboxylic acid groups (broad SMARTS) is 1. The molecule has 9 nitrogen and oxygen atoms in total. The molecule has 0 aromatic heterocycles. The predicted octanol–water partition coefficient (Wildman–Crippen LogP) is 3.31. The molecule has 0 unspecified atom stereocenters. The number of nitrogens with zero attached hydrogens (tertiary/aromatic N) is 1. The van der Waals surface area contributed by atoms with Gasteiger partial charge in [0, 0.05) is 25.2 Å². The molecule has 1 aliphatic heterocycles. The number of fused-ring (bicyclic) bond motifs is 1. The van der Waals surface area contributed by atoms with Crippen molar-refractivity contribution in [1.29, 1.82) is 0 Å². The van der Waals surface area contributed by atoms with Crippen molar-refractivity contribution in [3.63, 3.8) is 0 Å². The summed E-state index contributed by atoms with van der Waals surface area (Å²) in [6.07, 6.45) is 2.03. The summed E-state index contributed by atoms with van der Waals surface area (Å²) in [6, 6.07) is 6.23. The number of rotatable bonds is 9. The third kappa shape index (κ3) is 4.92. The van der Waals surface area contributed by atoms with Gasteiger partial charge in [0.05, 0.1) is 48.3 Å². The van der Waals surface area contributed by atoms with E-state index in [4.69, 9.17) is 14.2 Å². The van der Waals surface area contributed by atoms with E-state index in [1.807, 2.05) is 13.8 Å². The highest BCUT2D eigenvalue weighted by atomic mass is 32.2. The fourth-order valence-corrected chi connectivity index (χ4v) is 5.85. The molecule has 10 heteroatoms. The zero-order chi connectivity index (χ0) is 24.3. The van der Waals surface area contributed by atoms with Crippen LogP contribution in [0.5, 0.6) is 11.5 Å². The van der Waals surface area contributed by atoms with Crippen molar-refractivity contribution in [2.75, 3.05) is 49.1 Å². The highest BCUT2D eigenvalue weighted by molar-refractivity contribution is 7.92. The maximum Gasteiger partial charge on any atom is 0.335 e. The fraction of sp³-hybridized carbons (Fsp3) is 0.458. The standard InChI is InChI=1S/C24H30N2O7S/c1-3-32-21-15-20(26-8-10-31-11-9-26)22(33-4-2)14-19(21)25-34(29,30)23-13-17(24(27)28)12-16-6-5-7-18(16)23/h12-15,25H,3-11H2,1-2H3,(H,27,28). The molecule has 2 aromatic rings. The van der Waals surface area contributed by atoms with E-state index in [0.29, 0.717) is 69.4 Å². The van der Waals surface area contributed by atoms with Crippen LogP contribution in [-0.2, 0) is 27.6 Å². The molecule has 184 valence electrons. The molecule has 1 saturated heterocycles. The minimum absolute atomic E-state index is 0.00226. The Morgan fingerprint density at radius 2 is 1.76 bits per heavy atom. The summed E-state index contributed by atoms with van der Waals surface area (Å²) in [5.41, 5.74) is 2.46. The van der Waals surface area contributed by atoms with Crippen molar-refractivity contribution in [2.24, 2.45) is 0 Å². The summed E-state index contributed by atoms with van der Waals surface area (Å²) in [5.74, 6) is -0.244. The first-order chi connectivity index (χ1) is 16.3. The van der Waals surface area contributed by atoms with Crippen LogP contribution in [0.4, 0.5) is 11.4 Å². The number of carbonyl (C=O) groups is 1. The smallest absolute Gasteiger partial charge is 0.335 e. The Morgan fingerprint density at radius 3 is 2.44 bits per heavy atom. The summed E-state index contributed by atoms with van der Waals surface area (Å²) < 4.78 is 46.8. The minimum atomic E-state index is -4.09. The van der Waals surface area contributed by atoms with E-state index in [1.165, 1.54) is 6.07 Å². The van der Waals surface area contributed by atoms with Gasteiger partial charge in [-0.25, -0.2) is 13.2 Å². The highest BCUT2D eigenvalue weighted by Gasteiger charge is 2.28. The number of nitrogens with one attached hydrogen (secondary N) is 1. The van der Waals surface area contributed by atoms with Crippen LogP contribution in [0.15, 0.2) is 29.2 Å². The van der Waals surface area contributed by atoms with Gasteiger partial charge in [0.25, 0.3) is 10.0 Å². The number of anilines is 2. The fourth-order valence-electron chi connectivity index (χ4n) is 4.45. The lowest BCUT2D eigenvalue weighted by Crippen LogP contribution is -2.36. The number of sulfonamides is 1. The van der Waals surface area contributed by atoms with Gasteiger partial charge in [-0.2, -0.15) is 0 Å². The van der Waals surface area contributed by atoms with Gasteiger partial charge in [-0.3, -0.25) is 4.72 Å². The third-order valence-electron chi connectivity index (χ3n) is 5.97. The number of hydrogen-bond acceptors (Lipinski definition) is 7. The van der Waals surface area contributed by atoms with Crippen molar-refractivity contribution < 1.29 is 32.5 Å². The summed E-state index contributed by atoms with van der Waals surface area (Å²) in [7, 11) is -4.09. The van der Waals surface area contributed by atoms with E-state index < -0.39 is 16.0 Å². The number of hydrogen-bond donors (Lipinski definition) is 2. The number of carboxylic acids is 1. The van der Waals surface area contributed by atoms with Gasteiger partial charge in [-0.15, -0.1) is 0 Å². The number of ether oxygens (including phenoxy) is 3. The van der Waals surface area contributed by atoms with Gasteiger partial charge in [-0.05, 0) is 56.4 Å². The Hall–Kier alpha value is -2.98. The van der Waals surface area contributed by atoms with Gasteiger partial charge in [0.15, 0.2) is 0 Å². The lowest BCUT2D eigenvalue weighted by atomic mass is 10.1. The van der Waals surface area contributed by atoms with Gasteiger partial charge in [0.2, 0.25) is 0 Å². The Morgan fingerprint density at radius 1 is 1.06 bits per heavy atom. The van der Waals surface area contributed by atoms with Crippen molar-refractivity contribution in [2.45, 2.75) is 38.0 Å². The predicted molar refractivity (Wildman–Crippen MR) is 128 cm³/mol. The van der Waals surface area contributed by atoms with E-state index in [1.54, 1.807) is 18.2 Å². The number of aromatic carboxylic acids is 1. The number of morpholine rings is 1. The van der Waals surface area contributed by atoms with E-state index in [-0.39, 0.29) is 16.1 Å². The van der Waals surface area contributed by atoms with Crippen molar-refractivity contribution in [1.82, 2.24) is 0 Å². The van der Waals surface area contributed by atoms with Crippen molar-refractivity contribution in [3.8, 4) is 11.5 Å². The molecule has 2 aliphatic rings. The SMILES string of the molecule is CCOc1cc(N2CCOCC2)c(OCC)cc1NS(=O)(=O)c1cc(C(=O)O)cc2c1CCC2. The molecule has 2 N–H and O–H groups in total. The lowest BCUT2D eigenvalue weighted by molar-refractivity contribution is 0.0696. The molecule has 0 atom stereocenters. The molecule has 1 heterocycles. The molecule has 2 aromatic carbocycles. The summed E-state index contributed by atoms with van der Waals surface area (Å²) in [5, 5.41) is 9.49. The summed E-state index contributed by atoms with van der Waals surface area (Å²) in [6.45, 7) is 7.00. The Kier molecular flexibility index (Phi) is 7.18. The molecule has 0 radical (unpaired) electrons. The summed E-state index contributed by atoms with van der Waals surface area (Å²) in [4.78, 5) is 13.7. The van der Waals surface area contributed by atoms with Gasteiger partial charge in [-0.1, -0.05) is 0 Å². The van der Waals surface area contributed by atoms with Gasteiger partial charge >= 0.3 is 5.97 Å². The molecule has 4 rings (SSSR count). The average Bonchev–Trinajstić information content (AvgIpc) is 3.29. The Bertz CT molecular complexity index is 1170. The zero-order valence-corrected chi connectivity index (χ0v) is 20.2. The average molecular weight is 491 g/mol. The van der Waals surface area contributed by atoms with E-state index >= 15 is 0 Å². The molecule has 1 fully saturated rings. The lowest BCUT2D eigenvalue weighted by Gasteiger charge is -2.31. The largest absolute Gasteiger partial charge is 0.492 e. The van der Waals surface area contributed by atoms with E-state index in [9.17, 15) is 18.3 Å². The molecule has 0 bridgehead atoms. The normalized spacial score (nSPS) is 15.6. The molecule has 0 spiro atoms. The first-order valence-corrected chi connectivity index (χ1v) is 13.0. The van der Waals surface area contributed by atoms with Crippen LogP contribution in [0, 0.1) is 0 Å². The van der Waals surface area contributed by atoms with Crippen LogP contribution in [0.25, 0.3) is 0 Å². The van der Waals surface area contributed by atoms with E-state index in [2.05, 4.69) is 9.62 Å². The first kappa shape index (κ1) is 24.2. The van der Waals surface area contributed by atoms with Crippen LogP contribution in [-0.4, -0.2) is 59.0 Å². The number of aryl methyl sites for hydroxylation is 1. The maximum atomic E-state index is 13.5. The van der Waals surface area contributed by atoms with Gasteiger partial charge < -0.3 is 24.2 Å². The highest BCUT2D eigenvalue weighted by Crippen LogP contribution is 2.41. The quantitative estimate of drug-likeness (QED) is 0.550. The topological polar surface area (TPSA) is 114 Å². The second-order valence-electron chi connectivity index (χ2n) is 8.16. The van der Waals surface area contributed by atoms with Gasteiger partial charge in [0.1, 0.15) is 11.5 Å². The zero-order valence-electron chi connectivity index (χ0n) is 19.4. The van der Waals surface area contributed by atoms with Crippen LogP contribution in [0.1, 0.15) is 41.8 Å². The Labute approximate surface area is 199 Å². The minimum Gasteiger partial charge on any atom is -0.492 e. The number of benzene rings is 2. The Balaban J connectivity index is 1.77. The molecular formula is C24H30N2O7S. The molecule has 1 aliphatic carbocycles. The summed E-state index contributed by atoms with van der Waals surface area (Å²) >= 11 is 0. The van der Waals surface area contributed by atoms with Crippen LogP contribution in [0.3, 0.4) is 0 Å². The second kappa shape index (κ2) is 10.1. The maximum absolute atomic E-state index is 13.5. The monoisotopic (exact) mass is 490 g/mol. The molecular weight excluding hydrogens is 460 g/mol. The second-order valence-corrected chi connectivity index (χ2v) is 9.81. The van der Waals surface area contributed by atoms with E-state index in [0.717, 1.165) is 17.7 Å². The van der Waals surface area contributed by atoms with Crippen molar-refractivity contribution >= 4 is 27.4 Å². The van der Waals surface area contributed by atoms with Crippen LogP contribution in [0.2, 0.25) is 0 Å². The molecule has 34 heavy (non-hydrogen) atoms. The third-order valence-corrected chi connectivity index (χ3v) is 7.40.